The maximum absolute atomic E-state index is 13.3. The zero-order valence-corrected chi connectivity index (χ0v) is 12.8. The Labute approximate surface area is 126 Å². The lowest BCUT2D eigenvalue weighted by molar-refractivity contribution is 0.620. The Balaban J connectivity index is 1.98. The van der Waals surface area contributed by atoms with Crippen molar-refractivity contribution in [1.29, 1.82) is 0 Å². The second kappa shape index (κ2) is 5.11. The Morgan fingerprint density at radius 2 is 2.05 bits per heavy atom. The molecule has 0 saturated carbocycles. The third-order valence-electron chi connectivity index (χ3n) is 2.52. The highest BCUT2D eigenvalue weighted by Gasteiger charge is 2.10. The van der Waals surface area contributed by atoms with Gasteiger partial charge < -0.3 is 5.73 Å². The van der Waals surface area contributed by atoms with Crippen LogP contribution in [0.15, 0.2) is 50.1 Å². The lowest BCUT2D eigenvalue weighted by Crippen LogP contribution is -1.90. The van der Waals surface area contributed by atoms with E-state index in [2.05, 4.69) is 20.9 Å². The molecule has 1 aromatic heterocycles. The molecule has 0 radical (unpaired) electrons. The van der Waals surface area contributed by atoms with Gasteiger partial charge in [-0.05, 0) is 40.2 Å². The SMILES string of the molecule is Nc1cc(F)c(Br)cc1Sc1nc2ccccc2s1. The van der Waals surface area contributed by atoms with Crippen LogP contribution in [-0.4, -0.2) is 4.98 Å². The van der Waals surface area contributed by atoms with Crippen LogP contribution in [0.2, 0.25) is 0 Å². The number of rotatable bonds is 2. The predicted molar refractivity (Wildman–Crippen MR) is 82.3 cm³/mol. The van der Waals surface area contributed by atoms with E-state index in [0.717, 1.165) is 19.5 Å². The number of nitrogen functional groups attached to an aromatic ring is 1. The fourth-order valence-electron chi connectivity index (χ4n) is 1.62. The van der Waals surface area contributed by atoms with E-state index in [0.29, 0.717) is 10.2 Å². The average molecular weight is 355 g/mol. The summed E-state index contributed by atoms with van der Waals surface area (Å²) in [4.78, 5) is 5.32. The van der Waals surface area contributed by atoms with Gasteiger partial charge in [0, 0.05) is 10.6 Å². The van der Waals surface area contributed by atoms with Crippen molar-refractivity contribution in [3.8, 4) is 0 Å². The molecule has 2 N–H and O–H groups in total. The number of halogens is 2. The fraction of sp³-hybridized carbons (Fsp3) is 0. The average Bonchev–Trinajstić information content (AvgIpc) is 2.78. The zero-order chi connectivity index (χ0) is 13.4. The van der Waals surface area contributed by atoms with Gasteiger partial charge in [0.1, 0.15) is 5.82 Å². The van der Waals surface area contributed by atoms with Crippen LogP contribution in [-0.2, 0) is 0 Å². The highest BCUT2D eigenvalue weighted by atomic mass is 79.9. The zero-order valence-electron chi connectivity index (χ0n) is 9.56. The molecule has 0 spiro atoms. The van der Waals surface area contributed by atoms with E-state index in [-0.39, 0.29) is 5.82 Å². The van der Waals surface area contributed by atoms with Crippen molar-refractivity contribution in [1.82, 2.24) is 4.98 Å². The van der Waals surface area contributed by atoms with E-state index in [9.17, 15) is 4.39 Å². The van der Waals surface area contributed by atoms with Gasteiger partial charge in [-0.2, -0.15) is 0 Å². The Hall–Kier alpha value is -1.11. The normalized spacial score (nSPS) is 11.1. The highest BCUT2D eigenvalue weighted by Crippen LogP contribution is 2.38. The monoisotopic (exact) mass is 354 g/mol. The number of fused-ring (bicyclic) bond motifs is 1. The quantitative estimate of drug-likeness (QED) is 0.663. The third kappa shape index (κ3) is 2.61. The molecule has 3 aromatic rings. The minimum atomic E-state index is -0.355. The van der Waals surface area contributed by atoms with Crippen molar-refractivity contribution in [2.24, 2.45) is 0 Å². The first kappa shape index (κ1) is 12.9. The summed E-state index contributed by atoms with van der Waals surface area (Å²) >= 11 is 6.21. The molecule has 0 aliphatic rings. The maximum Gasteiger partial charge on any atom is 0.155 e. The van der Waals surface area contributed by atoms with Crippen LogP contribution in [0.4, 0.5) is 10.1 Å². The molecule has 0 saturated heterocycles. The minimum Gasteiger partial charge on any atom is -0.398 e. The lowest BCUT2D eigenvalue weighted by Gasteiger charge is -2.04. The van der Waals surface area contributed by atoms with Gasteiger partial charge in [-0.3, -0.25) is 0 Å². The molecule has 3 rings (SSSR count). The molecule has 6 heteroatoms. The molecule has 0 amide bonds. The molecular weight excluding hydrogens is 347 g/mol. The van der Waals surface area contributed by atoms with E-state index < -0.39 is 0 Å². The minimum absolute atomic E-state index is 0.355. The molecule has 0 atom stereocenters. The van der Waals surface area contributed by atoms with Crippen molar-refractivity contribution in [2.75, 3.05) is 5.73 Å². The predicted octanol–water partition coefficient (Wildman–Crippen LogP) is 4.93. The number of anilines is 1. The topological polar surface area (TPSA) is 38.9 Å². The van der Waals surface area contributed by atoms with Gasteiger partial charge >= 0.3 is 0 Å². The van der Waals surface area contributed by atoms with E-state index in [1.165, 1.54) is 17.8 Å². The Morgan fingerprint density at radius 3 is 2.84 bits per heavy atom. The van der Waals surface area contributed by atoms with Gasteiger partial charge in [0.15, 0.2) is 4.34 Å². The summed E-state index contributed by atoms with van der Waals surface area (Å²) in [5, 5.41) is 0. The smallest absolute Gasteiger partial charge is 0.155 e. The van der Waals surface area contributed by atoms with Crippen molar-refractivity contribution >= 4 is 54.9 Å². The molecule has 0 unspecified atom stereocenters. The van der Waals surface area contributed by atoms with Crippen LogP contribution >= 0.6 is 39.0 Å². The van der Waals surface area contributed by atoms with E-state index in [4.69, 9.17) is 5.73 Å². The first-order valence-electron chi connectivity index (χ1n) is 5.41. The summed E-state index contributed by atoms with van der Waals surface area (Å²) < 4.78 is 15.7. The first-order chi connectivity index (χ1) is 9.13. The van der Waals surface area contributed by atoms with E-state index in [1.54, 1.807) is 17.4 Å². The van der Waals surface area contributed by atoms with Crippen LogP contribution in [0.3, 0.4) is 0 Å². The van der Waals surface area contributed by atoms with Crippen molar-refractivity contribution in [3.63, 3.8) is 0 Å². The van der Waals surface area contributed by atoms with Gasteiger partial charge in [-0.25, -0.2) is 9.37 Å². The molecule has 2 nitrogen and oxygen atoms in total. The largest absolute Gasteiger partial charge is 0.398 e. The van der Waals surface area contributed by atoms with Crippen LogP contribution in [0.1, 0.15) is 0 Å². The van der Waals surface area contributed by atoms with E-state index in [1.807, 2.05) is 24.3 Å². The molecule has 2 aromatic carbocycles. The molecule has 19 heavy (non-hydrogen) atoms. The number of nitrogens with zero attached hydrogens (tertiary/aromatic N) is 1. The summed E-state index contributed by atoms with van der Waals surface area (Å²) in [6, 6.07) is 10.9. The molecule has 1 heterocycles. The van der Waals surface area contributed by atoms with E-state index >= 15 is 0 Å². The van der Waals surface area contributed by atoms with Crippen molar-refractivity contribution in [2.45, 2.75) is 9.24 Å². The first-order valence-corrected chi connectivity index (χ1v) is 7.84. The molecule has 96 valence electrons. The summed E-state index contributed by atoms with van der Waals surface area (Å²) in [6.45, 7) is 0. The number of aromatic nitrogens is 1. The second-order valence-electron chi connectivity index (χ2n) is 3.85. The number of para-hydroxylation sites is 1. The van der Waals surface area contributed by atoms with Gasteiger partial charge in [-0.1, -0.05) is 23.9 Å². The van der Waals surface area contributed by atoms with Crippen LogP contribution in [0, 0.1) is 5.82 Å². The third-order valence-corrected chi connectivity index (χ3v) is 5.30. The Kier molecular flexibility index (Phi) is 3.47. The Bertz CT molecular complexity index is 724. The van der Waals surface area contributed by atoms with Gasteiger partial charge in [0.25, 0.3) is 0 Å². The van der Waals surface area contributed by atoms with Gasteiger partial charge in [0.2, 0.25) is 0 Å². The van der Waals surface area contributed by atoms with Gasteiger partial charge in [0.05, 0.1) is 14.7 Å². The second-order valence-corrected chi connectivity index (χ2v) is 7.03. The van der Waals surface area contributed by atoms with Crippen molar-refractivity contribution < 1.29 is 4.39 Å². The summed E-state index contributed by atoms with van der Waals surface area (Å²) in [5.74, 6) is -0.355. The lowest BCUT2D eigenvalue weighted by atomic mass is 10.3. The summed E-state index contributed by atoms with van der Waals surface area (Å²) in [5.41, 5.74) is 7.22. The summed E-state index contributed by atoms with van der Waals surface area (Å²) in [7, 11) is 0. The molecule has 0 bridgehead atoms. The molecule has 0 fully saturated rings. The fourth-order valence-corrected chi connectivity index (χ4v) is 4.20. The molecular formula is C13H8BrFN2S2. The van der Waals surface area contributed by atoms with Gasteiger partial charge in [-0.15, -0.1) is 11.3 Å². The highest BCUT2D eigenvalue weighted by molar-refractivity contribution is 9.10. The molecule has 0 aliphatic carbocycles. The molecule has 0 aliphatic heterocycles. The number of nitrogens with two attached hydrogens (primary N) is 1. The van der Waals surface area contributed by atoms with Crippen LogP contribution in [0.25, 0.3) is 10.2 Å². The van der Waals surface area contributed by atoms with Crippen LogP contribution in [0.5, 0.6) is 0 Å². The Morgan fingerprint density at radius 1 is 1.26 bits per heavy atom. The van der Waals surface area contributed by atoms with Crippen molar-refractivity contribution in [3.05, 3.63) is 46.7 Å². The number of hydrogen-bond acceptors (Lipinski definition) is 4. The number of benzene rings is 2. The maximum atomic E-state index is 13.3. The standard InChI is InChI=1S/C13H8BrFN2S2/c14-7-5-12(9(16)6-8(7)15)19-13-17-10-3-1-2-4-11(10)18-13/h1-6H,16H2. The number of thiazole rings is 1. The summed E-state index contributed by atoms with van der Waals surface area (Å²) in [6.07, 6.45) is 0. The van der Waals surface area contributed by atoms with Crippen LogP contribution < -0.4 is 5.73 Å². The number of hydrogen-bond donors (Lipinski definition) is 1.